The van der Waals surface area contributed by atoms with Gasteiger partial charge in [0.05, 0.1) is 16.9 Å². The lowest BCUT2D eigenvalue weighted by atomic mass is 9.82. The van der Waals surface area contributed by atoms with E-state index in [1.54, 1.807) is 24.3 Å². The van der Waals surface area contributed by atoms with Crippen LogP contribution in [0.3, 0.4) is 0 Å². The molecule has 0 radical (unpaired) electrons. The number of fused-ring (bicyclic) bond motifs is 3. The normalized spacial score (nSPS) is 22.8. The zero-order valence-electron chi connectivity index (χ0n) is 17.7. The number of thioether (sulfide) groups is 1. The van der Waals surface area contributed by atoms with E-state index in [9.17, 15) is 19.3 Å². The van der Waals surface area contributed by atoms with Gasteiger partial charge < -0.3 is 14.7 Å². The summed E-state index contributed by atoms with van der Waals surface area (Å²) in [6.45, 7) is 3.58. The van der Waals surface area contributed by atoms with E-state index in [0.29, 0.717) is 19.5 Å². The number of benzene rings is 2. The van der Waals surface area contributed by atoms with Gasteiger partial charge in [0.2, 0.25) is 5.91 Å². The number of anilines is 2. The molecule has 0 spiro atoms. The van der Waals surface area contributed by atoms with Gasteiger partial charge in [0, 0.05) is 67.7 Å². The molecule has 3 aliphatic heterocycles. The lowest BCUT2D eigenvalue weighted by Crippen LogP contribution is -2.62. The topological polar surface area (TPSA) is 69.9 Å². The van der Waals surface area contributed by atoms with Gasteiger partial charge in [-0.05, 0) is 42.3 Å². The summed E-state index contributed by atoms with van der Waals surface area (Å²) in [7, 11) is 0. The number of carbonyl (C=O) groups excluding carboxylic acids is 1. The molecule has 168 valence electrons. The van der Waals surface area contributed by atoms with Crippen molar-refractivity contribution >= 4 is 34.7 Å². The fraction of sp³-hybridized carbons (Fsp3) is 0.435. The van der Waals surface area contributed by atoms with Gasteiger partial charge in [-0.15, -0.1) is 0 Å². The van der Waals surface area contributed by atoms with E-state index >= 15 is 0 Å². The van der Waals surface area contributed by atoms with Crippen LogP contribution in [0.25, 0.3) is 0 Å². The number of halogens is 1. The van der Waals surface area contributed by atoms with E-state index < -0.39 is 0 Å². The van der Waals surface area contributed by atoms with Gasteiger partial charge in [0.15, 0.2) is 0 Å². The number of non-ortho nitro benzene ring substituents is 1. The van der Waals surface area contributed by atoms with Crippen LogP contribution in [0.1, 0.15) is 5.56 Å². The van der Waals surface area contributed by atoms with Crippen molar-refractivity contribution in [1.29, 1.82) is 0 Å². The summed E-state index contributed by atoms with van der Waals surface area (Å²) in [5.74, 6) is 1.48. The molecule has 5 rings (SSSR count). The van der Waals surface area contributed by atoms with Crippen LogP contribution in [0.4, 0.5) is 21.5 Å². The molecule has 3 aliphatic rings. The summed E-state index contributed by atoms with van der Waals surface area (Å²) in [5.41, 5.74) is 2.86. The largest absolute Gasteiger partial charge is 0.368 e. The molecular formula is C23H25FN4O3S. The van der Waals surface area contributed by atoms with Gasteiger partial charge in [0.25, 0.3) is 5.69 Å². The van der Waals surface area contributed by atoms with Crippen LogP contribution in [0, 0.1) is 21.8 Å². The van der Waals surface area contributed by atoms with Crippen LogP contribution in [0.5, 0.6) is 0 Å². The van der Waals surface area contributed by atoms with E-state index in [1.165, 1.54) is 12.1 Å². The molecule has 2 aromatic carbocycles. The highest BCUT2D eigenvalue weighted by molar-refractivity contribution is 7.99. The van der Waals surface area contributed by atoms with Crippen LogP contribution in [0.2, 0.25) is 0 Å². The van der Waals surface area contributed by atoms with Crippen LogP contribution in [-0.2, 0) is 11.2 Å². The summed E-state index contributed by atoms with van der Waals surface area (Å²) in [5, 5.41) is 11.3. The molecule has 9 heteroatoms. The van der Waals surface area contributed by atoms with Gasteiger partial charge in [-0.3, -0.25) is 14.9 Å². The van der Waals surface area contributed by atoms with Crippen LogP contribution in [-0.4, -0.2) is 66.0 Å². The second-order valence-electron chi connectivity index (χ2n) is 8.50. The first-order valence-electron chi connectivity index (χ1n) is 10.9. The number of hydrogen-bond donors (Lipinski definition) is 0. The zero-order valence-corrected chi connectivity index (χ0v) is 18.5. The summed E-state index contributed by atoms with van der Waals surface area (Å²) < 4.78 is 13.4. The Kier molecular flexibility index (Phi) is 5.67. The minimum Gasteiger partial charge on any atom is -0.368 e. The summed E-state index contributed by atoms with van der Waals surface area (Å²) in [6.07, 6.45) is 0.498. The van der Waals surface area contributed by atoms with Crippen LogP contribution in [0.15, 0.2) is 42.5 Å². The van der Waals surface area contributed by atoms with Crippen molar-refractivity contribution in [2.45, 2.75) is 12.5 Å². The Morgan fingerprint density at radius 1 is 1.06 bits per heavy atom. The zero-order chi connectivity index (χ0) is 22.2. The fourth-order valence-corrected chi connectivity index (χ4v) is 6.02. The molecule has 0 N–H and O–H groups in total. The van der Waals surface area contributed by atoms with E-state index in [-0.39, 0.29) is 34.3 Å². The number of rotatable bonds is 3. The minimum atomic E-state index is -0.377. The van der Waals surface area contributed by atoms with Gasteiger partial charge >= 0.3 is 0 Å². The Balaban J connectivity index is 1.48. The van der Waals surface area contributed by atoms with E-state index in [2.05, 4.69) is 9.80 Å². The number of amides is 1. The summed E-state index contributed by atoms with van der Waals surface area (Å²) >= 11 is 1.86. The highest BCUT2D eigenvalue weighted by atomic mass is 32.2. The average molecular weight is 457 g/mol. The van der Waals surface area contributed by atoms with Crippen molar-refractivity contribution < 1.29 is 14.1 Å². The third kappa shape index (κ3) is 3.90. The lowest BCUT2D eigenvalue weighted by molar-refractivity contribution is -0.384. The van der Waals surface area contributed by atoms with Gasteiger partial charge in [-0.1, -0.05) is 0 Å². The molecule has 0 unspecified atom stereocenters. The number of hydrogen-bond acceptors (Lipinski definition) is 6. The SMILES string of the molecule is O=C([C@@H]1Cc2cc([N+](=O)[O-])ccc2N2CCN(c3ccc(F)cc3)C[C@H]12)N1CCSCC1. The van der Waals surface area contributed by atoms with Crippen molar-refractivity contribution in [2.75, 3.05) is 54.0 Å². The van der Waals surface area contributed by atoms with Crippen LogP contribution >= 0.6 is 11.8 Å². The first-order chi connectivity index (χ1) is 15.5. The fourth-order valence-electron chi connectivity index (χ4n) is 5.11. The molecule has 2 aromatic rings. The Bertz CT molecular complexity index is 1030. The molecule has 0 saturated carbocycles. The number of nitro groups is 1. The van der Waals surface area contributed by atoms with Crippen molar-refractivity contribution in [3.63, 3.8) is 0 Å². The van der Waals surface area contributed by atoms with Gasteiger partial charge in [-0.25, -0.2) is 4.39 Å². The molecule has 1 amide bonds. The molecular weight excluding hydrogens is 431 g/mol. The maximum absolute atomic E-state index is 13.6. The standard InChI is InChI=1S/C23H25FN4O3S/c24-17-1-3-18(4-2-17)26-7-8-27-21-6-5-19(28(30)31)13-16(21)14-20(22(27)15-26)23(29)25-9-11-32-12-10-25/h1-6,13,20,22H,7-12,14-15H2/t20-,22-/m1/s1. The molecule has 2 saturated heterocycles. The predicted octanol–water partition coefficient (Wildman–Crippen LogP) is 3.18. The third-order valence-corrected chi connectivity index (χ3v) is 7.68. The molecule has 32 heavy (non-hydrogen) atoms. The highest BCUT2D eigenvalue weighted by Gasteiger charge is 2.43. The second kappa shape index (κ2) is 8.61. The van der Waals surface area contributed by atoms with E-state index in [4.69, 9.17) is 0 Å². The van der Waals surface area contributed by atoms with Crippen molar-refractivity contribution in [2.24, 2.45) is 5.92 Å². The smallest absolute Gasteiger partial charge is 0.269 e. The first-order valence-corrected chi connectivity index (χ1v) is 12.1. The molecule has 2 atom stereocenters. The number of nitrogens with zero attached hydrogens (tertiary/aromatic N) is 4. The van der Waals surface area contributed by atoms with E-state index in [1.807, 2.05) is 22.7 Å². The maximum Gasteiger partial charge on any atom is 0.269 e. The highest BCUT2D eigenvalue weighted by Crippen LogP contribution is 2.39. The summed E-state index contributed by atoms with van der Waals surface area (Å²) in [4.78, 5) is 31.0. The Morgan fingerprint density at radius 3 is 2.53 bits per heavy atom. The average Bonchev–Trinajstić information content (AvgIpc) is 2.83. The second-order valence-corrected chi connectivity index (χ2v) is 9.73. The number of nitro benzene ring substituents is 1. The third-order valence-electron chi connectivity index (χ3n) is 6.74. The molecule has 7 nitrogen and oxygen atoms in total. The van der Waals surface area contributed by atoms with Gasteiger partial charge in [-0.2, -0.15) is 11.8 Å². The minimum absolute atomic E-state index is 0.0372. The monoisotopic (exact) mass is 456 g/mol. The van der Waals surface area contributed by atoms with Crippen molar-refractivity contribution in [3.8, 4) is 0 Å². The summed E-state index contributed by atoms with van der Waals surface area (Å²) in [6, 6.07) is 11.5. The van der Waals surface area contributed by atoms with Crippen molar-refractivity contribution in [1.82, 2.24) is 4.90 Å². The maximum atomic E-state index is 13.6. The quantitative estimate of drug-likeness (QED) is 0.522. The Labute approximate surface area is 190 Å². The molecule has 3 heterocycles. The van der Waals surface area contributed by atoms with Crippen molar-refractivity contribution in [3.05, 3.63) is 64.0 Å². The number of piperazine rings is 1. The van der Waals surface area contributed by atoms with Gasteiger partial charge in [0.1, 0.15) is 5.82 Å². The lowest BCUT2D eigenvalue weighted by Gasteiger charge is -2.50. The van der Waals surface area contributed by atoms with Crippen LogP contribution < -0.4 is 9.80 Å². The Hall–Kier alpha value is -2.81. The number of carbonyl (C=O) groups is 1. The molecule has 2 fully saturated rings. The molecule has 0 bridgehead atoms. The first kappa shape index (κ1) is 21.1. The Morgan fingerprint density at radius 2 is 1.81 bits per heavy atom. The molecule has 0 aromatic heterocycles. The molecule has 0 aliphatic carbocycles. The van der Waals surface area contributed by atoms with E-state index in [0.717, 1.165) is 48.1 Å². The predicted molar refractivity (Wildman–Crippen MR) is 124 cm³/mol.